The van der Waals surface area contributed by atoms with Crippen LogP contribution in [0.4, 0.5) is 11.4 Å². The van der Waals surface area contributed by atoms with Gasteiger partial charge in [-0.2, -0.15) is 0 Å². The third kappa shape index (κ3) is 3.65. The van der Waals surface area contributed by atoms with E-state index in [1.54, 1.807) is 14.1 Å². The zero-order valence-electron chi connectivity index (χ0n) is 11.2. The van der Waals surface area contributed by atoms with E-state index in [0.717, 1.165) is 0 Å². The molecule has 1 rings (SSSR count). The summed E-state index contributed by atoms with van der Waals surface area (Å²) in [6.07, 6.45) is 0. The molecule has 0 bridgehead atoms. The molecule has 0 aliphatic carbocycles. The first-order valence-electron chi connectivity index (χ1n) is 5.83. The van der Waals surface area contributed by atoms with Gasteiger partial charge in [-0.1, -0.05) is 0 Å². The zero-order valence-corrected chi connectivity index (χ0v) is 11.2. The topological polar surface area (TPSA) is 102 Å². The molecule has 104 valence electrons. The maximum atomic E-state index is 11.8. The highest BCUT2D eigenvalue weighted by Gasteiger charge is 2.18. The van der Waals surface area contributed by atoms with Gasteiger partial charge < -0.3 is 16.0 Å². The average molecular weight is 266 g/mol. The molecule has 1 aromatic carbocycles. The fourth-order valence-corrected chi connectivity index (χ4v) is 1.53. The standard InChI is InChI=1S/C12H18N4O3/c1-8(7-13)14-10-6-9(12(17)15(2)3)4-5-11(10)16(18)19/h4-6,8,14H,7,13H2,1-3H3. The maximum Gasteiger partial charge on any atom is 0.292 e. The Balaban J connectivity index is 3.18. The first-order chi connectivity index (χ1) is 8.86. The molecule has 7 heteroatoms. The summed E-state index contributed by atoms with van der Waals surface area (Å²) in [6.45, 7) is 2.15. The summed E-state index contributed by atoms with van der Waals surface area (Å²) in [5, 5.41) is 13.9. The SMILES string of the molecule is CC(CN)Nc1cc(C(=O)N(C)C)ccc1[N+](=O)[O-]. The number of nitrogens with two attached hydrogens (primary N) is 1. The summed E-state index contributed by atoms with van der Waals surface area (Å²) >= 11 is 0. The van der Waals surface area contributed by atoms with E-state index in [0.29, 0.717) is 17.8 Å². The second kappa shape index (κ2) is 6.14. The van der Waals surface area contributed by atoms with Crippen LogP contribution in [-0.4, -0.2) is 42.4 Å². The molecule has 0 aromatic heterocycles. The molecule has 0 aliphatic rings. The molecule has 0 saturated heterocycles. The number of benzene rings is 1. The summed E-state index contributed by atoms with van der Waals surface area (Å²) < 4.78 is 0. The molecule has 1 aromatic rings. The van der Waals surface area contributed by atoms with Gasteiger partial charge in [0.25, 0.3) is 11.6 Å². The van der Waals surface area contributed by atoms with Gasteiger partial charge in [0.15, 0.2) is 0 Å². The van der Waals surface area contributed by atoms with Gasteiger partial charge in [0.05, 0.1) is 4.92 Å². The Morgan fingerprint density at radius 2 is 2.16 bits per heavy atom. The van der Waals surface area contributed by atoms with Crippen LogP contribution in [0.1, 0.15) is 17.3 Å². The highest BCUT2D eigenvalue weighted by molar-refractivity contribution is 5.95. The molecule has 1 atom stereocenters. The highest BCUT2D eigenvalue weighted by atomic mass is 16.6. The molecule has 0 radical (unpaired) electrons. The van der Waals surface area contributed by atoms with Gasteiger partial charge in [-0.25, -0.2) is 0 Å². The molecule has 1 unspecified atom stereocenters. The van der Waals surface area contributed by atoms with Gasteiger partial charge in [0, 0.05) is 38.3 Å². The summed E-state index contributed by atoms with van der Waals surface area (Å²) in [5.74, 6) is -0.210. The van der Waals surface area contributed by atoms with Crippen LogP contribution < -0.4 is 11.1 Å². The fourth-order valence-electron chi connectivity index (χ4n) is 1.53. The number of carbonyl (C=O) groups is 1. The molecule has 0 fully saturated rings. The lowest BCUT2D eigenvalue weighted by molar-refractivity contribution is -0.384. The first-order valence-corrected chi connectivity index (χ1v) is 5.83. The maximum absolute atomic E-state index is 11.8. The molecule has 3 N–H and O–H groups in total. The summed E-state index contributed by atoms with van der Waals surface area (Å²) in [5.41, 5.74) is 6.10. The van der Waals surface area contributed by atoms with E-state index < -0.39 is 4.92 Å². The van der Waals surface area contributed by atoms with E-state index in [4.69, 9.17) is 5.73 Å². The van der Waals surface area contributed by atoms with Crippen molar-refractivity contribution in [2.75, 3.05) is 26.0 Å². The Bertz CT molecular complexity index is 488. The van der Waals surface area contributed by atoms with E-state index in [-0.39, 0.29) is 17.6 Å². The number of nitro benzene ring substituents is 1. The number of hydrogen-bond acceptors (Lipinski definition) is 5. The molecular formula is C12H18N4O3. The quantitative estimate of drug-likeness (QED) is 0.612. The second-order valence-corrected chi connectivity index (χ2v) is 4.47. The van der Waals surface area contributed by atoms with Gasteiger partial charge >= 0.3 is 0 Å². The van der Waals surface area contributed by atoms with Crippen LogP contribution in [0, 0.1) is 10.1 Å². The van der Waals surface area contributed by atoms with Crippen LogP contribution in [-0.2, 0) is 0 Å². The fraction of sp³-hybridized carbons (Fsp3) is 0.417. The van der Waals surface area contributed by atoms with E-state index >= 15 is 0 Å². The minimum atomic E-state index is -0.491. The van der Waals surface area contributed by atoms with Gasteiger partial charge in [0.1, 0.15) is 5.69 Å². The highest BCUT2D eigenvalue weighted by Crippen LogP contribution is 2.26. The van der Waals surface area contributed by atoms with Crippen molar-refractivity contribution in [3.63, 3.8) is 0 Å². The Morgan fingerprint density at radius 3 is 2.63 bits per heavy atom. The van der Waals surface area contributed by atoms with E-state index in [9.17, 15) is 14.9 Å². The number of nitrogens with one attached hydrogen (secondary N) is 1. The van der Waals surface area contributed by atoms with Crippen LogP contribution in [0.3, 0.4) is 0 Å². The zero-order chi connectivity index (χ0) is 14.6. The predicted octanol–water partition coefficient (Wildman–Crippen LogP) is 1.06. The predicted molar refractivity (Wildman–Crippen MR) is 73.3 cm³/mol. The number of carbonyl (C=O) groups excluding carboxylic acids is 1. The monoisotopic (exact) mass is 266 g/mol. The van der Waals surface area contributed by atoms with Crippen LogP contribution in [0.25, 0.3) is 0 Å². The molecule has 1 amide bonds. The number of anilines is 1. The van der Waals surface area contributed by atoms with Crippen molar-refractivity contribution in [1.82, 2.24) is 4.90 Å². The molecule has 0 heterocycles. The molecule has 7 nitrogen and oxygen atoms in total. The van der Waals surface area contributed by atoms with Crippen molar-refractivity contribution >= 4 is 17.3 Å². The number of nitrogens with zero attached hydrogens (tertiary/aromatic N) is 2. The molecule has 0 aliphatic heterocycles. The van der Waals surface area contributed by atoms with Gasteiger partial charge in [0.2, 0.25) is 0 Å². The Hall–Kier alpha value is -2.15. The number of amides is 1. The van der Waals surface area contributed by atoms with Crippen LogP contribution >= 0.6 is 0 Å². The van der Waals surface area contributed by atoms with Crippen molar-refractivity contribution in [2.45, 2.75) is 13.0 Å². The van der Waals surface area contributed by atoms with Crippen LogP contribution in [0.5, 0.6) is 0 Å². The summed E-state index contributed by atoms with van der Waals surface area (Å²) in [4.78, 5) is 23.7. The molecule has 0 spiro atoms. The Kier molecular flexibility index (Phi) is 4.82. The van der Waals surface area contributed by atoms with E-state index in [1.807, 2.05) is 6.92 Å². The number of hydrogen-bond donors (Lipinski definition) is 2. The van der Waals surface area contributed by atoms with Crippen LogP contribution in [0.15, 0.2) is 18.2 Å². The van der Waals surface area contributed by atoms with Crippen molar-refractivity contribution in [1.29, 1.82) is 0 Å². The lowest BCUT2D eigenvalue weighted by Gasteiger charge is -2.15. The minimum Gasteiger partial charge on any atom is -0.376 e. The van der Waals surface area contributed by atoms with E-state index in [2.05, 4.69) is 5.32 Å². The van der Waals surface area contributed by atoms with Gasteiger partial charge in [-0.15, -0.1) is 0 Å². The third-order valence-electron chi connectivity index (χ3n) is 2.60. The first kappa shape index (κ1) is 14.9. The summed E-state index contributed by atoms with van der Waals surface area (Å²) in [7, 11) is 3.25. The second-order valence-electron chi connectivity index (χ2n) is 4.47. The van der Waals surface area contributed by atoms with E-state index in [1.165, 1.54) is 23.1 Å². The van der Waals surface area contributed by atoms with Crippen molar-refractivity contribution in [3.05, 3.63) is 33.9 Å². The number of nitro groups is 1. The summed E-state index contributed by atoms with van der Waals surface area (Å²) in [6, 6.07) is 4.12. The molecule has 0 saturated carbocycles. The third-order valence-corrected chi connectivity index (χ3v) is 2.60. The Morgan fingerprint density at radius 1 is 1.53 bits per heavy atom. The van der Waals surface area contributed by atoms with Gasteiger partial charge in [-0.05, 0) is 19.1 Å². The molecule has 19 heavy (non-hydrogen) atoms. The smallest absolute Gasteiger partial charge is 0.292 e. The van der Waals surface area contributed by atoms with Crippen molar-refractivity contribution < 1.29 is 9.72 Å². The van der Waals surface area contributed by atoms with Crippen molar-refractivity contribution in [2.24, 2.45) is 5.73 Å². The Labute approximate surface area is 111 Å². The minimum absolute atomic E-state index is 0.0735. The largest absolute Gasteiger partial charge is 0.376 e. The van der Waals surface area contributed by atoms with Crippen LogP contribution in [0.2, 0.25) is 0 Å². The lowest BCUT2D eigenvalue weighted by atomic mass is 10.1. The number of rotatable bonds is 5. The normalized spacial score (nSPS) is 11.8. The van der Waals surface area contributed by atoms with Gasteiger partial charge in [-0.3, -0.25) is 14.9 Å². The lowest BCUT2D eigenvalue weighted by Crippen LogP contribution is -2.26. The van der Waals surface area contributed by atoms with Crippen molar-refractivity contribution in [3.8, 4) is 0 Å². The molecular weight excluding hydrogens is 248 g/mol. The average Bonchev–Trinajstić information content (AvgIpc) is 2.37.